The van der Waals surface area contributed by atoms with Crippen molar-refractivity contribution in [3.05, 3.63) is 24.3 Å². The monoisotopic (exact) mass is 306 g/mol. The molecule has 122 valence electrons. The number of piperidine rings is 1. The van der Waals surface area contributed by atoms with Crippen LogP contribution in [0.3, 0.4) is 0 Å². The molecule has 1 heterocycles. The molecular formula is C17H26N2O3. The van der Waals surface area contributed by atoms with Crippen LogP contribution in [-0.4, -0.2) is 51.2 Å². The van der Waals surface area contributed by atoms with Crippen molar-refractivity contribution in [1.82, 2.24) is 10.2 Å². The number of hydrogen-bond acceptors (Lipinski definition) is 4. The van der Waals surface area contributed by atoms with Crippen molar-refractivity contribution in [3.63, 3.8) is 0 Å². The van der Waals surface area contributed by atoms with E-state index in [-0.39, 0.29) is 5.91 Å². The van der Waals surface area contributed by atoms with Gasteiger partial charge < -0.3 is 19.7 Å². The maximum atomic E-state index is 12.3. The van der Waals surface area contributed by atoms with Crippen LogP contribution in [-0.2, 0) is 4.79 Å². The van der Waals surface area contributed by atoms with E-state index < -0.39 is 0 Å². The number of likely N-dealkylation sites (tertiary alicyclic amines) is 1. The number of benzene rings is 1. The lowest BCUT2D eigenvalue weighted by molar-refractivity contribution is -0.133. The number of carbonyl (C=O) groups is 1. The van der Waals surface area contributed by atoms with E-state index in [1.165, 1.54) is 6.42 Å². The first-order valence-electron chi connectivity index (χ1n) is 7.92. The summed E-state index contributed by atoms with van der Waals surface area (Å²) in [6.07, 6.45) is 2.69. The first-order chi connectivity index (χ1) is 10.7. The van der Waals surface area contributed by atoms with Crippen LogP contribution in [0.1, 0.15) is 19.3 Å². The highest BCUT2D eigenvalue weighted by atomic mass is 16.5. The van der Waals surface area contributed by atoms with Gasteiger partial charge in [0.1, 0.15) is 0 Å². The zero-order valence-corrected chi connectivity index (χ0v) is 13.5. The molecule has 1 saturated heterocycles. The average molecular weight is 306 g/mol. The standard InChI is InChI=1S/C17H26N2O3/c1-18-12-14-6-5-10-19(13-14)17(20)9-11-22-16-8-4-3-7-15(16)21-2/h3-4,7-8,14,18H,5-6,9-13H2,1-2H3. The molecule has 2 rings (SSSR count). The number of nitrogens with one attached hydrogen (secondary N) is 1. The molecule has 0 saturated carbocycles. The fourth-order valence-electron chi connectivity index (χ4n) is 2.89. The van der Waals surface area contributed by atoms with Gasteiger partial charge in [0.25, 0.3) is 0 Å². The molecule has 1 aromatic carbocycles. The highest BCUT2D eigenvalue weighted by Crippen LogP contribution is 2.26. The molecule has 1 fully saturated rings. The van der Waals surface area contributed by atoms with Crippen molar-refractivity contribution in [1.29, 1.82) is 0 Å². The fraction of sp³-hybridized carbons (Fsp3) is 0.588. The summed E-state index contributed by atoms with van der Waals surface area (Å²) in [7, 11) is 3.57. The normalized spacial score (nSPS) is 18.1. The highest BCUT2D eigenvalue weighted by Gasteiger charge is 2.22. The lowest BCUT2D eigenvalue weighted by Crippen LogP contribution is -2.42. The molecule has 5 nitrogen and oxygen atoms in total. The molecule has 1 aromatic rings. The second kappa shape index (κ2) is 8.63. The zero-order chi connectivity index (χ0) is 15.8. The van der Waals surface area contributed by atoms with Crippen LogP contribution >= 0.6 is 0 Å². The fourth-order valence-corrected chi connectivity index (χ4v) is 2.89. The van der Waals surface area contributed by atoms with Gasteiger partial charge in [-0.05, 0) is 44.5 Å². The Morgan fingerprint density at radius 3 is 2.86 bits per heavy atom. The van der Waals surface area contributed by atoms with E-state index in [2.05, 4.69) is 5.32 Å². The Labute approximate surface area is 132 Å². The summed E-state index contributed by atoms with van der Waals surface area (Å²) in [6, 6.07) is 7.50. The molecule has 0 bridgehead atoms. The van der Waals surface area contributed by atoms with E-state index in [1.807, 2.05) is 36.2 Å². The van der Waals surface area contributed by atoms with Gasteiger partial charge in [-0.25, -0.2) is 0 Å². The minimum absolute atomic E-state index is 0.177. The van der Waals surface area contributed by atoms with E-state index in [4.69, 9.17) is 9.47 Å². The minimum Gasteiger partial charge on any atom is -0.493 e. The molecule has 0 radical (unpaired) electrons. The molecule has 0 aliphatic carbocycles. The van der Waals surface area contributed by atoms with Crippen molar-refractivity contribution in [2.45, 2.75) is 19.3 Å². The van der Waals surface area contributed by atoms with E-state index in [0.29, 0.717) is 30.4 Å². The third-order valence-electron chi connectivity index (χ3n) is 4.01. The number of nitrogens with zero attached hydrogens (tertiary/aromatic N) is 1. The number of methoxy groups -OCH3 is 1. The molecule has 1 amide bonds. The summed E-state index contributed by atoms with van der Waals surface area (Å²) >= 11 is 0. The molecule has 1 N–H and O–H groups in total. The SMILES string of the molecule is CNCC1CCCN(C(=O)CCOc2ccccc2OC)C1. The number of para-hydroxylation sites is 2. The molecular weight excluding hydrogens is 280 g/mol. The molecule has 22 heavy (non-hydrogen) atoms. The summed E-state index contributed by atoms with van der Waals surface area (Å²) in [5, 5.41) is 3.20. The number of carbonyl (C=O) groups excluding carboxylic acids is 1. The van der Waals surface area contributed by atoms with Crippen molar-refractivity contribution in [3.8, 4) is 11.5 Å². The Hall–Kier alpha value is -1.75. The van der Waals surface area contributed by atoms with Crippen molar-refractivity contribution >= 4 is 5.91 Å². The third kappa shape index (κ3) is 4.63. The third-order valence-corrected chi connectivity index (χ3v) is 4.01. The number of rotatable bonds is 7. The summed E-state index contributed by atoms with van der Waals surface area (Å²) < 4.78 is 10.9. The topological polar surface area (TPSA) is 50.8 Å². The smallest absolute Gasteiger partial charge is 0.226 e. The number of ether oxygens (including phenoxy) is 2. The van der Waals surface area contributed by atoms with Gasteiger partial charge in [-0.1, -0.05) is 12.1 Å². The Bertz CT molecular complexity index is 477. The average Bonchev–Trinajstić information content (AvgIpc) is 2.56. The largest absolute Gasteiger partial charge is 0.493 e. The van der Waals surface area contributed by atoms with Gasteiger partial charge in [-0.2, -0.15) is 0 Å². The van der Waals surface area contributed by atoms with Crippen LogP contribution in [0.4, 0.5) is 0 Å². The number of amides is 1. The van der Waals surface area contributed by atoms with Gasteiger partial charge in [-0.3, -0.25) is 4.79 Å². The van der Waals surface area contributed by atoms with Crippen LogP contribution in [0.15, 0.2) is 24.3 Å². The van der Waals surface area contributed by atoms with Gasteiger partial charge in [0, 0.05) is 13.1 Å². The zero-order valence-electron chi connectivity index (χ0n) is 13.5. The van der Waals surface area contributed by atoms with Crippen molar-refractivity contribution < 1.29 is 14.3 Å². The quantitative estimate of drug-likeness (QED) is 0.836. The Morgan fingerprint density at radius 2 is 2.14 bits per heavy atom. The van der Waals surface area contributed by atoms with Crippen molar-refractivity contribution in [2.24, 2.45) is 5.92 Å². The van der Waals surface area contributed by atoms with Crippen LogP contribution in [0.2, 0.25) is 0 Å². The molecule has 0 aromatic heterocycles. The van der Waals surface area contributed by atoms with Crippen LogP contribution in [0.5, 0.6) is 11.5 Å². The summed E-state index contributed by atoms with van der Waals surface area (Å²) in [6.45, 7) is 3.08. The predicted molar refractivity (Wildman–Crippen MR) is 86.3 cm³/mol. The van der Waals surface area contributed by atoms with E-state index in [9.17, 15) is 4.79 Å². The summed E-state index contributed by atoms with van der Waals surface area (Å²) in [4.78, 5) is 14.3. The molecule has 1 aliphatic heterocycles. The van der Waals surface area contributed by atoms with Gasteiger partial charge in [0.15, 0.2) is 11.5 Å². The second-order valence-corrected chi connectivity index (χ2v) is 5.66. The first-order valence-corrected chi connectivity index (χ1v) is 7.92. The Balaban J connectivity index is 1.77. The summed E-state index contributed by atoms with van der Waals surface area (Å²) in [5.41, 5.74) is 0. The van der Waals surface area contributed by atoms with Gasteiger partial charge >= 0.3 is 0 Å². The molecule has 5 heteroatoms. The van der Waals surface area contributed by atoms with Gasteiger partial charge in [0.2, 0.25) is 5.91 Å². The van der Waals surface area contributed by atoms with E-state index >= 15 is 0 Å². The van der Waals surface area contributed by atoms with Crippen LogP contribution < -0.4 is 14.8 Å². The van der Waals surface area contributed by atoms with Gasteiger partial charge in [0.05, 0.1) is 20.1 Å². The molecule has 1 aliphatic rings. The molecule has 1 unspecified atom stereocenters. The molecule has 1 atom stereocenters. The molecule has 0 spiro atoms. The number of hydrogen-bond donors (Lipinski definition) is 1. The Kier molecular flexibility index (Phi) is 6.52. The summed E-state index contributed by atoms with van der Waals surface area (Å²) in [5.74, 6) is 2.13. The maximum absolute atomic E-state index is 12.3. The van der Waals surface area contributed by atoms with E-state index in [0.717, 1.165) is 26.1 Å². The Morgan fingerprint density at radius 1 is 1.36 bits per heavy atom. The van der Waals surface area contributed by atoms with Gasteiger partial charge in [-0.15, -0.1) is 0 Å². The first kappa shape index (κ1) is 16.6. The lowest BCUT2D eigenvalue weighted by atomic mass is 9.98. The van der Waals surface area contributed by atoms with Crippen LogP contribution in [0, 0.1) is 5.92 Å². The lowest BCUT2D eigenvalue weighted by Gasteiger charge is -2.32. The second-order valence-electron chi connectivity index (χ2n) is 5.66. The van der Waals surface area contributed by atoms with E-state index in [1.54, 1.807) is 7.11 Å². The minimum atomic E-state index is 0.177. The van der Waals surface area contributed by atoms with Crippen molar-refractivity contribution in [2.75, 3.05) is 40.4 Å². The highest BCUT2D eigenvalue weighted by molar-refractivity contribution is 5.76. The van der Waals surface area contributed by atoms with Crippen LogP contribution in [0.25, 0.3) is 0 Å². The predicted octanol–water partition coefficient (Wildman–Crippen LogP) is 1.92. The maximum Gasteiger partial charge on any atom is 0.226 e.